The van der Waals surface area contributed by atoms with E-state index in [1.54, 1.807) is 6.20 Å². The molecule has 6 heteroatoms. The van der Waals surface area contributed by atoms with Crippen molar-refractivity contribution in [3.05, 3.63) is 103 Å². The summed E-state index contributed by atoms with van der Waals surface area (Å²) in [6.07, 6.45) is 11.4. The molecule has 0 radical (unpaired) electrons. The van der Waals surface area contributed by atoms with Gasteiger partial charge in [-0.1, -0.05) is 42.5 Å². The normalized spacial score (nSPS) is 11.4. The lowest BCUT2D eigenvalue weighted by atomic mass is 10.1. The lowest BCUT2D eigenvalue weighted by Crippen LogP contribution is -1.99. The van der Waals surface area contributed by atoms with E-state index in [1.165, 1.54) is 5.56 Å². The number of benzene rings is 2. The summed E-state index contributed by atoms with van der Waals surface area (Å²) in [5.74, 6) is 0. The number of fused-ring (bicyclic) bond motifs is 2. The van der Waals surface area contributed by atoms with E-state index in [0.29, 0.717) is 0 Å². The van der Waals surface area contributed by atoms with Gasteiger partial charge in [-0.2, -0.15) is 5.10 Å². The van der Waals surface area contributed by atoms with E-state index in [0.717, 1.165) is 45.6 Å². The Morgan fingerprint density at radius 3 is 2.61 bits per heavy atom. The fraction of sp³-hybridized carbons (Fsp3) is 0.0400. The van der Waals surface area contributed by atoms with Crippen molar-refractivity contribution < 1.29 is 0 Å². The average molecular weight is 402 g/mol. The number of hydrogen-bond donors (Lipinski definition) is 0. The van der Waals surface area contributed by atoms with E-state index in [4.69, 9.17) is 0 Å². The van der Waals surface area contributed by atoms with E-state index < -0.39 is 0 Å². The summed E-state index contributed by atoms with van der Waals surface area (Å²) in [6.45, 7) is 0.727. The fourth-order valence-corrected chi connectivity index (χ4v) is 3.84. The van der Waals surface area contributed by atoms with E-state index >= 15 is 0 Å². The molecule has 0 aliphatic heterocycles. The second-order valence-corrected chi connectivity index (χ2v) is 7.47. The van der Waals surface area contributed by atoms with Crippen LogP contribution in [0.1, 0.15) is 5.56 Å². The van der Waals surface area contributed by atoms with Crippen LogP contribution in [0.3, 0.4) is 0 Å². The maximum atomic E-state index is 4.61. The summed E-state index contributed by atoms with van der Waals surface area (Å²) in [5.41, 5.74) is 6.93. The van der Waals surface area contributed by atoms with Gasteiger partial charge >= 0.3 is 0 Å². The molecule has 0 amide bonds. The number of imidazole rings is 1. The highest BCUT2D eigenvalue weighted by Crippen LogP contribution is 2.26. The van der Waals surface area contributed by atoms with Gasteiger partial charge in [0, 0.05) is 35.1 Å². The Balaban J connectivity index is 1.38. The number of hydrogen-bond acceptors (Lipinski definition) is 4. The average Bonchev–Trinajstić information content (AvgIpc) is 3.46. The van der Waals surface area contributed by atoms with Crippen molar-refractivity contribution in [2.24, 2.45) is 0 Å². The molecule has 6 rings (SSSR count). The molecular weight excluding hydrogens is 384 g/mol. The van der Waals surface area contributed by atoms with Crippen molar-refractivity contribution in [3.63, 3.8) is 0 Å². The molecule has 4 heterocycles. The summed E-state index contributed by atoms with van der Waals surface area (Å²) < 4.78 is 4.01. The second kappa shape index (κ2) is 7.18. The molecule has 0 saturated carbocycles. The Kier molecular flexibility index (Phi) is 4.06. The van der Waals surface area contributed by atoms with Gasteiger partial charge in [-0.3, -0.25) is 19.1 Å². The summed E-state index contributed by atoms with van der Waals surface area (Å²) in [6, 6.07) is 20.6. The van der Waals surface area contributed by atoms with Crippen LogP contribution in [0, 0.1) is 0 Å². The predicted molar refractivity (Wildman–Crippen MR) is 120 cm³/mol. The Bertz CT molecular complexity index is 1510. The molecule has 148 valence electrons. The molecular formula is C25H18N6. The van der Waals surface area contributed by atoms with Crippen LogP contribution in [-0.2, 0) is 6.54 Å². The van der Waals surface area contributed by atoms with Crippen LogP contribution in [-0.4, -0.2) is 29.1 Å². The molecule has 0 fully saturated rings. The molecule has 0 N–H and O–H groups in total. The third-order valence-corrected chi connectivity index (χ3v) is 5.41. The molecule has 0 aliphatic rings. The molecule has 0 saturated heterocycles. The van der Waals surface area contributed by atoms with Gasteiger partial charge in [0.05, 0.1) is 42.0 Å². The van der Waals surface area contributed by atoms with Gasteiger partial charge in [-0.15, -0.1) is 0 Å². The number of rotatable bonds is 4. The van der Waals surface area contributed by atoms with Gasteiger partial charge in [-0.25, -0.2) is 4.98 Å². The first-order chi connectivity index (χ1) is 15.3. The number of pyridine rings is 1. The third kappa shape index (κ3) is 3.24. The highest BCUT2D eigenvalue weighted by molar-refractivity contribution is 5.84. The van der Waals surface area contributed by atoms with Crippen LogP contribution >= 0.6 is 0 Å². The molecule has 6 aromatic rings. The largest absolute Gasteiger partial charge is 0.296 e. The first-order valence-corrected chi connectivity index (χ1v) is 10.1. The Morgan fingerprint density at radius 1 is 0.742 bits per heavy atom. The van der Waals surface area contributed by atoms with Crippen LogP contribution in [0.4, 0.5) is 0 Å². The topological polar surface area (TPSA) is 60.9 Å². The Morgan fingerprint density at radius 2 is 1.68 bits per heavy atom. The predicted octanol–water partition coefficient (Wildman–Crippen LogP) is 4.86. The maximum absolute atomic E-state index is 4.61. The first kappa shape index (κ1) is 17.5. The van der Waals surface area contributed by atoms with E-state index in [2.05, 4.69) is 54.8 Å². The first-order valence-electron chi connectivity index (χ1n) is 10.1. The Labute approximate surface area is 178 Å². The van der Waals surface area contributed by atoms with Crippen LogP contribution in [0.25, 0.3) is 39.1 Å². The van der Waals surface area contributed by atoms with E-state index in [-0.39, 0.29) is 0 Å². The second-order valence-electron chi connectivity index (χ2n) is 7.47. The lowest BCUT2D eigenvalue weighted by Gasteiger charge is -2.05. The van der Waals surface area contributed by atoms with Gasteiger partial charge in [0.15, 0.2) is 5.65 Å². The molecule has 2 aromatic carbocycles. The van der Waals surface area contributed by atoms with Crippen molar-refractivity contribution in [3.8, 4) is 22.5 Å². The molecule has 0 spiro atoms. The van der Waals surface area contributed by atoms with Crippen molar-refractivity contribution >= 4 is 16.6 Å². The minimum Gasteiger partial charge on any atom is -0.296 e. The molecule has 6 nitrogen and oxygen atoms in total. The van der Waals surface area contributed by atoms with E-state index in [1.807, 2.05) is 66.0 Å². The highest BCUT2D eigenvalue weighted by Gasteiger charge is 2.11. The van der Waals surface area contributed by atoms with Gasteiger partial charge in [-0.05, 0) is 23.8 Å². The van der Waals surface area contributed by atoms with Crippen molar-refractivity contribution in [1.29, 1.82) is 0 Å². The number of aromatic nitrogens is 6. The van der Waals surface area contributed by atoms with Crippen molar-refractivity contribution in [2.75, 3.05) is 0 Å². The molecule has 0 aliphatic carbocycles. The quantitative estimate of drug-likeness (QED) is 0.423. The maximum Gasteiger partial charge on any atom is 0.155 e. The monoisotopic (exact) mass is 402 g/mol. The SMILES string of the molecule is c1ccc(Cn2cc(-c3cn4c(-c5ccc6ncccc6c5)cnc4cn3)cn2)cc1. The number of nitrogens with zero attached hydrogens (tertiary/aromatic N) is 6. The zero-order valence-electron chi connectivity index (χ0n) is 16.6. The minimum atomic E-state index is 0.727. The summed E-state index contributed by atoms with van der Waals surface area (Å²) in [4.78, 5) is 13.6. The van der Waals surface area contributed by atoms with E-state index in [9.17, 15) is 0 Å². The molecule has 4 aromatic heterocycles. The smallest absolute Gasteiger partial charge is 0.155 e. The van der Waals surface area contributed by atoms with Gasteiger partial charge in [0.25, 0.3) is 0 Å². The highest BCUT2D eigenvalue weighted by atomic mass is 15.3. The standard InChI is InChI=1S/C25H18N6/c1-2-5-18(6-3-1)15-30-16-21(12-29-30)23-17-31-24(13-28-25(31)14-27-23)20-8-9-22-19(11-20)7-4-10-26-22/h1-14,16-17H,15H2. The molecule has 0 unspecified atom stereocenters. The minimum absolute atomic E-state index is 0.727. The van der Waals surface area contributed by atoms with Gasteiger partial charge < -0.3 is 0 Å². The van der Waals surface area contributed by atoms with Crippen LogP contribution < -0.4 is 0 Å². The van der Waals surface area contributed by atoms with Gasteiger partial charge in [0.1, 0.15) is 0 Å². The third-order valence-electron chi connectivity index (χ3n) is 5.41. The fourth-order valence-electron chi connectivity index (χ4n) is 3.84. The summed E-state index contributed by atoms with van der Waals surface area (Å²) in [5, 5.41) is 5.62. The Hall–Kier alpha value is -4.32. The zero-order valence-corrected chi connectivity index (χ0v) is 16.6. The molecule has 0 atom stereocenters. The van der Waals surface area contributed by atoms with Crippen molar-refractivity contribution in [2.45, 2.75) is 6.54 Å². The lowest BCUT2D eigenvalue weighted by molar-refractivity contribution is 0.687. The van der Waals surface area contributed by atoms with Crippen LogP contribution in [0.2, 0.25) is 0 Å². The zero-order chi connectivity index (χ0) is 20.6. The summed E-state index contributed by atoms with van der Waals surface area (Å²) in [7, 11) is 0. The van der Waals surface area contributed by atoms with Crippen LogP contribution in [0.5, 0.6) is 0 Å². The van der Waals surface area contributed by atoms with Gasteiger partial charge in [0.2, 0.25) is 0 Å². The van der Waals surface area contributed by atoms with Crippen LogP contribution in [0.15, 0.2) is 97.8 Å². The summed E-state index contributed by atoms with van der Waals surface area (Å²) >= 11 is 0. The van der Waals surface area contributed by atoms with Crippen molar-refractivity contribution in [1.82, 2.24) is 29.1 Å². The molecule has 0 bridgehead atoms. The molecule has 31 heavy (non-hydrogen) atoms.